The van der Waals surface area contributed by atoms with E-state index in [-0.39, 0.29) is 5.91 Å². The molecule has 1 amide bonds. The van der Waals surface area contributed by atoms with Gasteiger partial charge in [-0.3, -0.25) is 4.79 Å². The van der Waals surface area contributed by atoms with Crippen LogP contribution in [0.25, 0.3) is 0 Å². The fourth-order valence-electron chi connectivity index (χ4n) is 1.55. The Kier molecular flexibility index (Phi) is 4.38. The molecule has 0 N–H and O–H groups in total. The number of carbonyl (C=O) groups is 1. The van der Waals surface area contributed by atoms with E-state index in [1.54, 1.807) is 34.4 Å². The van der Waals surface area contributed by atoms with E-state index in [1.807, 2.05) is 17.5 Å². The van der Waals surface area contributed by atoms with E-state index < -0.39 is 0 Å². The van der Waals surface area contributed by atoms with E-state index >= 15 is 0 Å². The third-order valence-corrected chi connectivity index (χ3v) is 3.63. The van der Waals surface area contributed by atoms with Crippen LogP contribution in [0.1, 0.15) is 15.4 Å². The third kappa shape index (κ3) is 3.11. The molecule has 0 unspecified atom stereocenters. The Morgan fingerprint density at radius 1 is 1.50 bits per heavy atom. The van der Waals surface area contributed by atoms with Gasteiger partial charge in [0.15, 0.2) is 10.4 Å². The summed E-state index contributed by atoms with van der Waals surface area (Å²) in [4.78, 5) is 15.1. The first-order valence-electron chi connectivity index (χ1n) is 5.38. The molecular weight excluding hydrogens is 314 g/mol. The lowest BCUT2D eigenvalue weighted by Gasteiger charge is -2.18. The summed E-state index contributed by atoms with van der Waals surface area (Å²) in [7, 11) is 0. The molecule has 94 valence electrons. The lowest BCUT2D eigenvalue weighted by atomic mass is 10.3. The van der Waals surface area contributed by atoms with Crippen LogP contribution in [0.5, 0.6) is 0 Å². The van der Waals surface area contributed by atoms with Crippen LogP contribution in [0.3, 0.4) is 0 Å². The maximum absolute atomic E-state index is 12.2. The van der Waals surface area contributed by atoms with Gasteiger partial charge in [0.25, 0.3) is 5.91 Å². The van der Waals surface area contributed by atoms with Crippen molar-refractivity contribution in [2.24, 2.45) is 0 Å². The quantitative estimate of drug-likeness (QED) is 0.780. The molecule has 2 aromatic rings. The van der Waals surface area contributed by atoms with Crippen LogP contribution in [0.2, 0.25) is 0 Å². The molecule has 2 aromatic heterocycles. The van der Waals surface area contributed by atoms with Crippen LogP contribution in [-0.4, -0.2) is 17.4 Å². The molecule has 0 saturated carbocycles. The van der Waals surface area contributed by atoms with Gasteiger partial charge in [0.2, 0.25) is 0 Å². The molecule has 0 spiro atoms. The second-order valence-corrected chi connectivity index (χ2v) is 5.47. The predicted octanol–water partition coefficient (Wildman–Crippen LogP) is 3.93. The van der Waals surface area contributed by atoms with Gasteiger partial charge in [-0.2, -0.15) is 0 Å². The lowest BCUT2D eigenvalue weighted by molar-refractivity contribution is 0.0731. The van der Waals surface area contributed by atoms with Crippen molar-refractivity contribution in [3.05, 3.63) is 57.6 Å². The van der Waals surface area contributed by atoms with E-state index in [0.717, 1.165) is 4.88 Å². The van der Waals surface area contributed by atoms with Crippen molar-refractivity contribution in [1.29, 1.82) is 0 Å². The maximum Gasteiger partial charge on any atom is 0.290 e. The van der Waals surface area contributed by atoms with E-state index in [4.69, 9.17) is 4.42 Å². The summed E-state index contributed by atoms with van der Waals surface area (Å²) in [5, 5.41) is 2.00. The number of hydrogen-bond acceptors (Lipinski definition) is 3. The summed E-state index contributed by atoms with van der Waals surface area (Å²) in [5.41, 5.74) is 0. The highest BCUT2D eigenvalue weighted by Crippen LogP contribution is 2.18. The molecule has 0 saturated heterocycles. The molecule has 0 atom stereocenters. The normalized spacial score (nSPS) is 10.3. The van der Waals surface area contributed by atoms with Crippen molar-refractivity contribution >= 4 is 33.2 Å². The van der Waals surface area contributed by atoms with Crippen molar-refractivity contribution in [2.75, 3.05) is 6.54 Å². The Bertz CT molecular complexity index is 533. The first-order chi connectivity index (χ1) is 8.70. The number of nitrogens with zero attached hydrogens (tertiary/aromatic N) is 1. The highest BCUT2D eigenvalue weighted by molar-refractivity contribution is 9.10. The molecule has 0 aromatic carbocycles. The molecular formula is C13H12BrNO2S. The zero-order valence-electron chi connectivity index (χ0n) is 9.64. The molecule has 5 heteroatoms. The number of amides is 1. The Labute approximate surface area is 118 Å². The molecule has 18 heavy (non-hydrogen) atoms. The van der Waals surface area contributed by atoms with E-state index in [1.165, 1.54) is 0 Å². The van der Waals surface area contributed by atoms with Crippen molar-refractivity contribution < 1.29 is 9.21 Å². The summed E-state index contributed by atoms with van der Waals surface area (Å²) >= 11 is 4.82. The van der Waals surface area contributed by atoms with E-state index in [0.29, 0.717) is 23.5 Å². The molecule has 0 aliphatic heterocycles. The number of furan rings is 1. The molecule has 2 rings (SSSR count). The summed E-state index contributed by atoms with van der Waals surface area (Å²) in [5.74, 6) is 0.203. The van der Waals surface area contributed by atoms with Gasteiger partial charge in [0, 0.05) is 11.4 Å². The monoisotopic (exact) mass is 325 g/mol. The fraction of sp³-hybridized carbons (Fsp3) is 0.154. The highest BCUT2D eigenvalue weighted by Gasteiger charge is 2.18. The highest BCUT2D eigenvalue weighted by atomic mass is 79.9. The topological polar surface area (TPSA) is 33.5 Å². The van der Waals surface area contributed by atoms with Crippen LogP contribution in [0.4, 0.5) is 0 Å². The van der Waals surface area contributed by atoms with Gasteiger partial charge in [-0.15, -0.1) is 17.9 Å². The summed E-state index contributed by atoms with van der Waals surface area (Å²) in [6, 6.07) is 7.35. The number of halogens is 1. The van der Waals surface area contributed by atoms with Crippen LogP contribution < -0.4 is 0 Å². The van der Waals surface area contributed by atoms with Gasteiger partial charge in [-0.1, -0.05) is 12.1 Å². The third-order valence-electron chi connectivity index (χ3n) is 2.35. The molecule has 0 radical (unpaired) electrons. The molecule has 2 heterocycles. The smallest absolute Gasteiger partial charge is 0.290 e. The van der Waals surface area contributed by atoms with Crippen LogP contribution in [-0.2, 0) is 6.54 Å². The predicted molar refractivity (Wildman–Crippen MR) is 75.7 cm³/mol. The Morgan fingerprint density at radius 2 is 2.33 bits per heavy atom. The lowest BCUT2D eigenvalue weighted by Crippen LogP contribution is -2.30. The van der Waals surface area contributed by atoms with Crippen molar-refractivity contribution in [2.45, 2.75) is 6.54 Å². The molecule has 0 aliphatic carbocycles. The minimum absolute atomic E-state index is 0.131. The fourth-order valence-corrected chi connectivity index (χ4v) is 2.58. The Balaban J connectivity index is 2.14. The van der Waals surface area contributed by atoms with Gasteiger partial charge >= 0.3 is 0 Å². The van der Waals surface area contributed by atoms with E-state index in [9.17, 15) is 4.79 Å². The van der Waals surface area contributed by atoms with Gasteiger partial charge < -0.3 is 9.32 Å². The first kappa shape index (κ1) is 13.1. The Hall–Kier alpha value is -1.33. The average Bonchev–Trinajstić information content (AvgIpc) is 2.99. The summed E-state index contributed by atoms with van der Waals surface area (Å²) in [6.07, 6.45) is 1.71. The molecule has 0 fully saturated rings. The average molecular weight is 326 g/mol. The van der Waals surface area contributed by atoms with Gasteiger partial charge in [0.1, 0.15) is 0 Å². The van der Waals surface area contributed by atoms with Crippen LogP contribution in [0, 0.1) is 0 Å². The second kappa shape index (κ2) is 6.02. The zero-order chi connectivity index (χ0) is 13.0. The first-order valence-corrected chi connectivity index (χ1v) is 7.06. The largest absolute Gasteiger partial charge is 0.444 e. The molecule has 0 aliphatic rings. The zero-order valence-corrected chi connectivity index (χ0v) is 12.0. The van der Waals surface area contributed by atoms with E-state index in [2.05, 4.69) is 22.5 Å². The number of thiophene rings is 1. The number of carbonyl (C=O) groups excluding carboxylic acids is 1. The van der Waals surface area contributed by atoms with Gasteiger partial charge in [-0.05, 0) is 39.5 Å². The molecule has 0 bridgehead atoms. The van der Waals surface area contributed by atoms with Crippen LogP contribution >= 0.6 is 27.3 Å². The van der Waals surface area contributed by atoms with Crippen molar-refractivity contribution in [1.82, 2.24) is 4.90 Å². The minimum atomic E-state index is -0.131. The summed E-state index contributed by atoms with van der Waals surface area (Å²) < 4.78 is 5.84. The number of hydrogen-bond donors (Lipinski definition) is 0. The minimum Gasteiger partial charge on any atom is -0.444 e. The van der Waals surface area contributed by atoms with Crippen molar-refractivity contribution in [3.8, 4) is 0 Å². The summed E-state index contributed by atoms with van der Waals surface area (Å²) in [6.45, 7) is 4.75. The van der Waals surface area contributed by atoms with Crippen LogP contribution in [0.15, 0.2) is 51.4 Å². The Morgan fingerprint density at radius 3 is 2.89 bits per heavy atom. The molecule has 3 nitrogen and oxygen atoms in total. The maximum atomic E-state index is 12.2. The van der Waals surface area contributed by atoms with Gasteiger partial charge in [0.05, 0.1) is 6.54 Å². The SMILES string of the molecule is C=CCN(Cc1cccs1)C(=O)c1ccc(Br)o1. The second-order valence-electron chi connectivity index (χ2n) is 3.66. The standard InChI is InChI=1S/C13H12BrNO2S/c1-2-7-15(9-10-4-3-8-18-10)13(16)11-5-6-12(14)17-11/h2-6,8H,1,7,9H2. The van der Waals surface area contributed by atoms with Gasteiger partial charge in [-0.25, -0.2) is 0 Å². The van der Waals surface area contributed by atoms with Crippen molar-refractivity contribution in [3.63, 3.8) is 0 Å². The number of rotatable bonds is 5.